The second kappa shape index (κ2) is 14.0. The van der Waals surface area contributed by atoms with E-state index in [-0.39, 0.29) is 29.9 Å². The average molecular weight is 512 g/mol. The number of hydrogen-bond acceptors (Lipinski definition) is 3. The Morgan fingerprint density at radius 3 is 2.45 bits per heavy atom. The van der Waals surface area contributed by atoms with Gasteiger partial charge in [0, 0.05) is 45.0 Å². The minimum atomic E-state index is 0. The van der Waals surface area contributed by atoms with Crippen LogP contribution in [0.15, 0.2) is 47.7 Å². The zero-order valence-corrected chi connectivity index (χ0v) is 19.9. The maximum Gasteiger partial charge on any atom is 0.224 e. The van der Waals surface area contributed by atoms with E-state index >= 15 is 0 Å². The number of nitrogens with zero attached hydrogens (tertiary/aromatic N) is 4. The first-order chi connectivity index (χ1) is 13.7. The zero-order chi connectivity index (χ0) is 20.2. The van der Waals surface area contributed by atoms with Crippen molar-refractivity contribution in [3.63, 3.8) is 0 Å². The highest BCUT2D eigenvalue weighted by Gasteiger charge is 2.09. The van der Waals surface area contributed by atoms with E-state index in [1.54, 1.807) is 6.20 Å². The molecule has 1 aromatic heterocycles. The van der Waals surface area contributed by atoms with Crippen LogP contribution in [0.4, 0.5) is 0 Å². The molecule has 0 radical (unpaired) electrons. The number of halogens is 1. The molecule has 2 aromatic rings. The van der Waals surface area contributed by atoms with Crippen molar-refractivity contribution in [3.05, 3.63) is 53.9 Å². The molecule has 0 fully saturated rings. The summed E-state index contributed by atoms with van der Waals surface area (Å²) in [5.41, 5.74) is 2.36. The first-order valence-electron chi connectivity index (χ1n) is 10.0. The predicted octanol–water partition coefficient (Wildman–Crippen LogP) is 2.86. The number of benzene rings is 1. The summed E-state index contributed by atoms with van der Waals surface area (Å²) in [6.07, 6.45) is 4.20. The van der Waals surface area contributed by atoms with Crippen molar-refractivity contribution in [3.8, 4) is 0 Å². The summed E-state index contributed by atoms with van der Waals surface area (Å²) in [5.74, 6) is 0.890. The van der Waals surface area contributed by atoms with Crippen LogP contribution in [0, 0.1) is 0 Å². The van der Waals surface area contributed by atoms with Crippen LogP contribution in [0.1, 0.15) is 38.3 Å². The molecule has 0 bridgehead atoms. The normalized spacial score (nSPS) is 10.9. The lowest BCUT2D eigenvalue weighted by Crippen LogP contribution is -2.40. The third-order valence-electron chi connectivity index (χ3n) is 4.51. The second-order valence-corrected chi connectivity index (χ2v) is 6.41. The summed E-state index contributed by atoms with van der Waals surface area (Å²) in [5, 5.41) is 10.8. The van der Waals surface area contributed by atoms with Crippen molar-refractivity contribution >= 4 is 35.8 Å². The lowest BCUT2D eigenvalue weighted by atomic mass is 10.1. The van der Waals surface area contributed by atoms with E-state index in [0.29, 0.717) is 19.5 Å². The van der Waals surface area contributed by atoms with Crippen molar-refractivity contribution in [2.75, 3.05) is 26.2 Å². The Balaban J connectivity index is 0.00000420. The molecule has 160 valence electrons. The highest BCUT2D eigenvalue weighted by atomic mass is 127. The summed E-state index contributed by atoms with van der Waals surface area (Å²) < 4.78 is 1.91. The molecular formula is C21H33IN6O. The molecule has 1 amide bonds. The number of aliphatic imine (C=N–C) groups is 1. The van der Waals surface area contributed by atoms with E-state index < -0.39 is 0 Å². The average Bonchev–Trinajstić information content (AvgIpc) is 3.21. The molecule has 29 heavy (non-hydrogen) atoms. The summed E-state index contributed by atoms with van der Waals surface area (Å²) in [4.78, 5) is 18.7. The van der Waals surface area contributed by atoms with Crippen LogP contribution >= 0.6 is 24.0 Å². The Morgan fingerprint density at radius 1 is 1.10 bits per heavy atom. The molecular weight excluding hydrogens is 479 g/mol. The quantitative estimate of drug-likeness (QED) is 0.292. The molecule has 0 saturated heterocycles. The number of nitrogens with one attached hydrogen (secondary N) is 2. The fourth-order valence-electron chi connectivity index (χ4n) is 2.96. The van der Waals surface area contributed by atoms with Crippen molar-refractivity contribution in [1.29, 1.82) is 0 Å². The van der Waals surface area contributed by atoms with Gasteiger partial charge in [0.25, 0.3) is 0 Å². The summed E-state index contributed by atoms with van der Waals surface area (Å²) >= 11 is 0. The molecule has 0 aliphatic heterocycles. The number of guanidine groups is 1. The van der Waals surface area contributed by atoms with E-state index in [9.17, 15) is 4.79 Å². The highest BCUT2D eigenvalue weighted by Crippen LogP contribution is 2.11. The van der Waals surface area contributed by atoms with E-state index in [0.717, 1.165) is 37.7 Å². The number of carbonyl (C=O) groups excluding carboxylic acids is 1. The fraction of sp³-hybridized carbons (Fsp3) is 0.476. The van der Waals surface area contributed by atoms with Crippen molar-refractivity contribution in [2.24, 2.45) is 4.99 Å². The van der Waals surface area contributed by atoms with E-state index in [2.05, 4.69) is 27.9 Å². The van der Waals surface area contributed by atoms with Gasteiger partial charge < -0.3 is 15.5 Å². The van der Waals surface area contributed by atoms with Gasteiger partial charge in [0.2, 0.25) is 5.91 Å². The van der Waals surface area contributed by atoms with Gasteiger partial charge in [0.05, 0.1) is 13.1 Å². The molecule has 8 heteroatoms. The Labute approximate surface area is 191 Å². The van der Waals surface area contributed by atoms with E-state index in [1.807, 2.05) is 54.7 Å². The number of aromatic nitrogens is 2. The van der Waals surface area contributed by atoms with Crippen molar-refractivity contribution in [1.82, 2.24) is 25.3 Å². The molecule has 2 rings (SSSR count). The Kier molecular flexibility index (Phi) is 12.0. The molecule has 2 N–H and O–H groups in total. The van der Waals surface area contributed by atoms with E-state index in [1.165, 1.54) is 5.56 Å². The molecule has 0 aliphatic rings. The minimum absolute atomic E-state index is 0. The van der Waals surface area contributed by atoms with Crippen LogP contribution in [-0.2, 0) is 17.9 Å². The summed E-state index contributed by atoms with van der Waals surface area (Å²) in [7, 11) is 0. The summed E-state index contributed by atoms with van der Waals surface area (Å²) in [6.45, 7) is 10.2. The predicted molar refractivity (Wildman–Crippen MR) is 129 cm³/mol. The molecule has 1 heterocycles. The molecule has 0 unspecified atom stereocenters. The number of amides is 1. The van der Waals surface area contributed by atoms with Gasteiger partial charge in [-0.3, -0.25) is 9.48 Å². The van der Waals surface area contributed by atoms with Gasteiger partial charge >= 0.3 is 0 Å². The third-order valence-corrected chi connectivity index (χ3v) is 4.51. The standard InChI is InChI=1S/C21H32N6O.HI/c1-4-22-21(23-14-12-20(28)26(5-2)6-3)24-16-18-10-7-8-11-19(18)17-27-15-9-13-25-27;/h7-11,13,15H,4-6,12,14,16-17H2,1-3H3,(H2,22,23,24);1H. The van der Waals surface area contributed by atoms with Crippen molar-refractivity contribution < 1.29 is 4.79 Å². The zero-order valence-electron chi connectivity index (χ0n) is 17.6. The summed E-state index contributed by atoms with van der Waals surface area (Å²) in [6, 6.07) is 10.2. The largest absolute Gasteiger partial charge is 0.357 e. The monoisotopic (exact) mass is 512 g/mol. The van der Waals surface area contributed by atoms with E-state index in [4.69, 9.17) is 4.99 Å². The maximum atomic E-state index is 12.1. The van der Waals surface area contributed by atoms with Crippen LogP contribution in [0.5, 0.6) is 0 Å². The molecule has 0 spiro atoms. The number of rotatable bonds is 10. The molecule has 7 nitrogen and oxygen atoms in total. The third kappa shape index (κ3) is 8.43. The number of hydrogen-bond donors (Lipinski definition) is 2. The first-order valence-corrected chi connectivity index (χ1v) is 10.0. The van der Waals surface area contributed by atoms with Gasteiger partial charge in [-0.25, -0.2) is 4.99 Å². The number of carbonyl (C=O) groups is 1. The Bertz CT molecular complexity index is 743. The fourth-order valence-corrected chi connectivity index (χ4v) is 2.96. The lowest BCUT2D eigenvalue weighted by Gasteiger charge is -2.19. The van der Waals surface area contributed by atoms with Crippen LogP contribution < -0.4 is 10.6 Å². The van der Waals surface area contributed by atoms with Gasteiger partial charge in [0.1, 0.15) is 0 Å². The SMILES string of the molecule is CCNC(=NCc1ccccc1Cn1cccn1)NCCC(=O)N(CC)CC.I. The van der Waals surface area contributed by atoms with Gasteiger partial charge in [-0.1, -0.05) is 24.3 Å². The van der Waals surface area contributed by atoms with Gasteiger partial charge in [-0.2, -0.15) is 5.10 Å². The second-order valence-electron chi connectivity index (χ2n) is 6.41. The van der Waals surface area contributed by atoms with Crippen LogP contribution in [0.2, 0.25) is 0 Å². The topological polar surface area (TPSA) is 74.5 Å². The van der Waals surface area contributed by atoms with Gasteiger partial charge in [-0.05, 0) is 38.0 Å². The molecule has 0 saturated carbocycles. The first kappa shape index (κ1) is 24.9. The van der Waals surface area contributed by atoms with Gasteiger partial charge in [-0.15, -0.1) is 24.0 Å². The van der Waals surface area contributed by atoms with Crippen LogP contribution in [-0.4, -0.2) is 52.7 Å². The molecule has 0 atom stereocenters. The lowest BCUT2D eigenvalue weighted by molar-refractivity contribution is -0.130. The van der Waals surface area contributed by atoms with Gasteiger partial charge in [0.15, 0.2) is 5.96 Å². The highest BCUT2D eigenvalue weighted by molar-refractivity contribution is 14.0. The maximum absolute atomic E-state index is 12.1. The molecule has 0 aliphatic carbocycles. The Hall–Kier alpha value is -2.10. The Morgan fingerprint density at radius 2 is 1.83 bits per heavy atom. The molecule has 1 aromatic carbocycles. The van der Waals surface area contributed by atoms with Crippen molar-refractivity contribution in [2.45, 2.75) is 40.3 Å². The minimum Gasteiger partial charge on any atom is -0.357 e. The van der Waals surface area contributed by atoms with Crippen LogP contribution in [0.25, 0.3) is 0 Å². The van der Waals surface area contributed by atoms with Crippen LogP contribution in [0.3, 0.4) is 0 Å². The smallest absolute Gasteiger partial charge is 0.224 e.